The molecule has 4 rings (SSSR count). The fourth-order valence-electron chi connectivity index (χ4n) is 3.03. The highest BCUT2D eigenvalue weighted by Crippen LogP contribution is 2.23. The number of rotatable bonds is 6. The van der Waals surface area contributed by atoms with Crippen LogP contribution < -0.4 is 5.32 Å². The Morgan fingerprint density at radius 1 is 1.20 bits per heavy atom. The summed E-state index contributed by atoms with van der Waals surface area (Å²) in [5.41, 5.74) is 1.61. The van der Waals surface area contributed by atoms with E-state index < -0.39 is 5.82 Å². The van der Waals surface area contributed by atoms with Crippen LogP contribution in [-0.4, -0.2) is 20.4 Å². The van der Waals surface area contributed by atoms with Gasteiger partial charge < -0.3 is 14.3 Å². The van der Waals surface area contributed by atoms with Crippen molar-refractivity contribution in [2.24, 2.45) is 0 Å². The van der Waals surface area contributed by atoms with Crippen molar-refractivity contribution >= 4 is 23.2 Å². The van der Waals surface area contributed by atoms with Gasteiger partial charge in [-0.05, 0) is 49.4 Å². The van der Waals surface area contributed by atoms with E-state index in [0.29, 0.717) is 40.3 Å². The number of benzene rings is 2. The Bertz CT molecular complexity index is 1180. The van der Waals surface area contributed by atoms with Crippen LogP contribution in [0.5, 0.6) is 0 Å². The molecule has 0 aliphatic carbocycles. The van der Waals surface area contributed by atoms with E-state index in [4.69, 9.17) is 16.0 Å². The van der Waals surface area contributed by atoms with E-state index in [1.165, 1.54) is 6.07 Å². The Labute approximate surface area is 177 Å². The summed E-state index contributed by atoms with van der Waals surface area (Å²) in [5.74, 6) is 1.03. The van der Waals surface area contributed by atoms with Crippen molar-refractivity contribution in [2.45, 2.75) is 19.8 Å². The highest BCUT2D eigenvalue weighted by Gasteiger charge is 2.12. The van der Waals surface area contributed by atoms with Crippen LogP contribution in [0.2, 0.25) is 5.02 Å². The van der Waals surface area contributed by atoms with Crippen molar-refractivity contribution in [1.82, 2.24) is 14.5 Å². The second kappa shape index (κ2) is 8.51. The highest BCUT2D eigenvalue weighted by atomic mass is 35.5. The topological polar surface area (TPSA) is 73.0 Å². The van der Waals surface area contributed by atoms with E-state index in [-0.39, 0.29) is 12.3 Å². The summed E-state index contributed by atoms with van der Waals surface area (Å²) in [6.45, 7) is 1.79. The second-order valence-corrected chi connectivity index (χ2v) is 7.12. The number of nitrogens with zero attached hydrogens (tertiary/aromatic N) is 3. The van der Waals surface area contributed by atoms with Crippen molar-refractivity contribution in [2.75, 3.05) is 5.32 Å². The van der Waals surface area contributed by atoms with Crippen LogP contribution in [-0.2, 0) is 11.2 Å². The quantitative estimate of drug-likeness (QED) is 0.461. The number of hydrogen-bond donors (Lipinski definition) is 1. The molecule has 0 spiro atoms. The fraction of sp³-hybridized carbons (Fsp3) is 0.136. The zero-order valence-corrected chi connectivity index (χ0v) is 16.9. The smallest absolute Gasteiger partial charge is 0.224 e. The molecule has 0 bridgehead atoms. The summed E-state index contributed by atoms with van der Waals surface area (Å²) in [7, 11) is 0. The van der Waals surface area contributed by atoms with Gasteiger partial charge in [-0.1, -0.05) is 11.6 Å². The van der Waals surface area contributed by atoms with Gasteiger partial charge in [0.2, 0.25) is 5.91 Å². The molecule has 2 aromatic heterocycles. The molecule has 0 atom stereocenters. The summed E-state index contributed by atoms with van der Waals surface area (Å²) < 4.78 is 21.8. The first kappa shape index (κ1) is 19.8. The number of nitrogens with one attached hydrogen (secondary N) is 1. The first-order valence-electron chi connectivity index (χ1n) is 9.30. The molecule has 0 radical (unpaired) electrons. The normalized spacial score (nSPS) is 10.9. The lowest BCUT2D eigenvalue weighted by atomic mass is 10.2. The zero-order valence-electron chi connectivity index (χ0n) is 16.1. The van der Waals surface area contributed by atoms with E-state index in [0.717, 1.165) is 5.56 Å². The summed E-state index contributed by atoms with van der Waals surface area (Å²) in [6, 6.07) is 11.8. The third-order valence-corrected chi connectivity index (χ3v) is 4.82. The molecule has 0 fully saturated rings. The molecule has 0 aliphatic heterocycles. The molecule has 0 unspecified atom stereocenters. The van der Waals surface area contributed by atoms with E-state index in [1.807, 2.05) is 12.1 Å². The predicted octanol–water partition coefficient (Wildman–Crippen LogP) is 5.20. The summed E-state index contributed by atoms with van der Waals surface area (Å²) in [6.07, 6.45) is 5.38. The van der Waals surface area contributed by atoms with Crippen molar-refractivity contribution in [3.05, 3.63) is 83.6 Å². The van der Waals surface area contributed by atoms with Gasteiger partial charge in [-0.3, -0.25) is 4.79 Å². The van der Waals surface area contributed by atoms with E-state index in [2.05, 4.69) is 15.3 Å². The minimum absolute atomic E-state index is 0.157. The van der Waals surface area contributed by atoms with Crippen LogP contribution in [0.25, 0.3) is 17.0 Å². The van der Waals surface area contributed by atoms with Crippen LogP contribution in [0.3, 0.4) is 0 Å². The number of aromatic nitrogens is 3. The average Bonchev–Trinajstić information content (AvgIpc) is 3.36. The van der Waals surface area contributed by atoms with Crippen molar-refractivity contribution in [1.29, 1.82) is 0 Å². The Morgan fingerprint density at radius 3 is 2.70 bits per heavy atom. The molecular weight excluding hydrogens is 407 g/mol. The van der Waals surface area contributed by atoms with Gasteiger partial charge in [-0.25, -0.2) is 14.4 Å². The number of hydrogen-bond acceptors (Lipinski definition) is 4. The maximum atomic E-state index is 14.5. The summed E-state index contributed by atoms with van der Waals surface area (Å²) in [5, 5.41) is 3.34. The fourth-order valence-corrected chi connectivity index (χ4v) is 3.16. The van der Waals surface area contributed by atoms with Gasteiger partial charge in [0.15, 0.2) is 11.7 Å². The number of anilines is 1. The summed E-state index contributed by atoms with van der Waals surface area (Å²) in [4.78, 5) is 20.5. The molecule has 2 heterocycles. The Balaban J connectivity index is 1.36. The molecule has 6 nitrogen and oxygen atoms in total. The number of aryl methyl sites for hydroxylation is 2. The van der Waals surface area contributed by atoms with Gasteiger partial charge in [-0.15, -0.1) is 0 Å². The lowest BCUT2D eigenvalue weighted by Crippen LogP contribution is -2.13. The molecule has 1 N–H and O–H groups in total. The number of imidazole rings is 1. The molecule has 1 amide bonds. The number of amides is 1. The number of halogens is 2. The standard InChI is InChI=1S/C22H18ClFN4O2/c1-14-25-10-11-28(14)19-7-6-17(12-18(19)24)27-21(29)8-9-22-26-13-20(30-22)15-2-4-16(23)5-3-15/h2-7,10-13H,8-9H2,1H3,(H,27,29). The lowest BCUT2D eigenvalue weighted by molar-refractivity contribution is -0.116. The van der Waals surface area contributed by atoms with Crippen LogP contribution in [0, 0.1) is 12.7 Å². The predicted molar refractivity (Wildman–Crippen MR) is 112 cm³/mol. The van der Waals surface area contributed by atoms with Crippen LogP contribution >= 0.6 is 11.6 Å². The molecule has 2 aromatic carbocycles. The van der Waals surface area contributed by atoms with Gasteiger partial charge >= 0.3 is 0 Å². The Kier molecular flexibility index (Phi) is 5.63. The molecule has 0 saturated heterocycles. The van der Waals surface area contributed by atoms with Gasteiger partial charge in [-0.2, -0.15) is 0 Å². The van der Waals surface area contributed by atoms with Crippen LogP contribution in [0.15, 0.2) is 65.5 Å². The number of oxazole rings is 1. The molecule has 4 aromatic rings. The zero-order chi connectivity index (χ0) is 21.1. The highest BCUT2D eigenvalue weighted by molar-refractivity contribution is 6.30. The third kappa shape index (κ3) is 4.41. The largest absolute Gasteiger partial charge is 0.441 e. The third-order valence-electron chi connectivity index (χ3n) is 4.56. The molecule has 8 heteroatoms. The van der Waals surface area contributed by atoms with Crippen molar-refractivity contribution in [3.8, 4) is 17.0 Å². The van der Waals surface area contributed by atoms with E-state index in [1.54, 1.807) is 54.3 Å². The van der Waals surface area contributed by atoms with E-state index >= 15 is 0 Å². The molecular formula is C22H18ClFN4O2. The van der Waals surface area contributed by atoms with Gasteiger partial charge in [0.25, 0.3) is 0 Å². The minimum Gasteiger partial charge on any atom is -0.441 e. The maximum Gasteiger partial charge on any atom is 0.224 e. The second-order valence-electron chi connectivity index (χ2n) is 6.68. The first-order chi connectivity index (χ1) is 14.5. The monoisotopic (exact) mass is 424 g/mol. The Hall–Kier alpha value is -3.45. The maximum absolute atomic E-state index is 14.5. The first-order valence-corrected chi connectivity index (χ1v) is 9.68. The van der Waals surface area contributed by atoms with E-state index in [9.17, 15) is 9.18 Å². The van der Waals surface area contributed by atoms with Crippen molar-refractivity contribution in [3.63, 3.8) is 0 Å². The molecule has 0 aliphatic rings. The lowest BCUT2D eigenvalue weighted by Gasteiger charge is -2.09. The molecule has 30 heavy (non-hydrogen) atoms. The van der Waals surface area contributed by atoms with Gasteiger partial charge in [0.05, 0.1) is 11.9 Å². The van der Waals surface area contributed by atoms with Crippen LogP contribution in [0.4, 0.5) is 10.1 Å². The Morgan fingerprint density at radius 2 is 2.00 bits per heavy atom. The minimum atomic E-state index is -0.450. The SMILES string of the molecule is Cc1nccn1-c1ccc(NC(=O)CCc2ncc(-c3ccc(Cl)cc3)o2)cc1F. The van der Waals surface area contributed by atoms with Gasteiger partial charge in [0, 0.05) is 41.5 Å². The summed E-state index contributed by atoms with van der Waals surface area (Å²) >= 11 is 5.89. The van der Waals surface area contributed by atoms with Crippen LogP contribution in [0.1, 0.15) is 18.1 Å². The molecule has 0 saturated carbocycles. The molecule has 152 valence electrons. The number of carbonyl (C=O) groups excluding carboxylic acids is 1. The van der Waals surface area contributed by atoms with Gasteiger partial charge in [0.1, 0.15) is 11.6 Å². The van der Waals surface area contributed by atoms with Crippen molar-refractivity contribution < 1.29 is 13.6 Å². The number of carbonyl (C=O) groups is 1. The average molecular weight is 425 g/mol.